The molecule has 1 atom stereocenters. The van der Waals surface area contributed by atoms with Crippen molar-refractivity contribution in [2.24, 2.45) is 0 Å². The van der Waals surface area contributed by atoms with Crippen LogP contribution in [0.1, 0.15) is 32.6 Å². The van der Waals surface area contributed by atoms with Gasteiger partial charge in [0.1, 0.15) is 0 Å². The van der Waals surface area contributed by atoms with Gasteiger partial charge in [0.05, 0.1) is 6.61 Å². The number of ether oxygens (including phenoxy) is 1. The van der Waals surface area contributed by atoms with Gasteiger partial charge in [-0.3, -0.25) is 4.90 Å². The smallest absolute Gasteiger partial charge is 0.322 e. The average Bonchev–Trinajstić information content (AvgIpc) is 3.17. The second-order valence-corrected chi connectivity index (χ2v) is 5.75. The summed E-state index contributed by atoms with van der Waals surface area (Å²) in [5, 5.41) is 3.51. The van der Waals surface area contributed by atoms with E-state index >= 15 is 0 Å². The van der Waals surface area contributed by atoms with Gasteiger partial charge in [-0.1, -0.05) is 6.92 Å². The molecule has 0 aromatic carbocycles. The number of nitrogens with one attached hydrogen (secondary N) is 1. The van der Waals surface area contributed by atoms with E-state index in [1.165, 1.54) is 12.8 Å². The maximum absolute atomic E-state index is 5.91. The first kappa shape index (κ1) is 13.8. The molecule has 1 N–H and O–H groups in total. The quantitative estimate of drug-likeness (QED) is 0.866. The number of halogens is 1. The van der Waals surface area contributed by atoms with E-state index in [9.17, 15) is 0 Å². The number of aromatic nitrogens is 3. The van der Waals surface area contributed by atoms with E-state index in [1.54, 1.807) is 0 Å². The summed E-state index contributed by atoms with van der Waals surface area (Å²) in [4.78, 5) is 14.9. The van der Waals surface area contributed by atoms with Gasteiger partial charge in [0.2, 0.25) is 11.2 Å². The van der Waals surface area contributed by atoms with Crippen LogP contribution in [-0.2, 0) is 0 Å². The number of rotatable bonds is 6. The van der Waals surface area contributed by atoms with Crippen LogP contribution in [-0.4, -0.2) is 51.6 Å². The van der Waals surface area contributed by atoms with Crippen molar-refractivity contribution >= 4 is 17.5 Å². The van der Waals surface area contributed by atoms with Gasteiger partial charge in [0.25, 0.3) is 0 Å². The van der Waals surface area contributed by atoms with Crippen LogP contribution in [0.15, 0.2) is 0 Å². The summed E-state index contributed by atoms with van der Waals surface area (Å²) in [6, 6.07) is 1.49. The molecule has 2 heterocycles. The Morgan fingerprint density at radius 2 is 2.15 bits per heavy atom. The minimum absolute atomic E-state index is 0.172. The number of likely N-dealkylation sites (tertiary alicyclic amines) is 1. The zero-order valence-electron chi connectivity index (χ0n) is 11.7. The lowest BCUT2D eigenvalue weighted by Crippen LogP contribution is -2.28. The summed E-state index contributed by atoms with van der Waals surface area (Å²) in [7, 11) is 0. The first-order chi connectivity index (χ1) is 9.74. The van der Waals surface area contributed by atoms with Gasteiger partial charge in [0.15, 0.2) is 0 Å². The van der Waals surface area contributed by atoms with Crippen molar-refractivity contribution in [3.05, 3.63) is 5.28 Å². The Balaban J connectivity index is 1.60. The highest BCUT2D eigenvalue weighted by Gasteiger charge is 2.34. The van der Waals surface area contributed by atoms with Gasteiger partial charge in [-0.25, -0.2) is 0 Å². The molecular formula is C13H20ClN5O. The van der Waals surface area contributed by atoms with Crippen molar-refractivity contribution in [3.63, 3.8) is 0 Å². The zero-order chi connectivity index (χ0) is 13.9. The summed E-state index contributed by atoms with van der Waals surface area (Å²) in [5.74, 6) is 0.513. The molecule has 20 heavy (non-hydrogen) atoms. The van der Waals surface area contributed by atoms with E-state index in [0.717, 1.165) is 32.0 Å². The predicted molar refractivity (Wildman–Crippen MR) is 77.2 cm³/mol. The van der Waals surface area contributed by atoms with Crippen LogP contribution in [0.4, 0.5) is 5.95 Å². The molecule has 1 saturated carbocycles. The molecule has 1 unspecified atom stereocenters. The van der Waals surface area contributed by atoms with Crippen molar-refractivity contribution in [1.82, 2.24) is 19.9 Å². The van der Waals surface area contributed by atoms with E-state index in [2.05, 4.69) is 25.2 Å². The highest BCUT2D eigenvalue weighted by molar-refractivity contribution is 6.28. The second kappa shape index (κ2) is 6.10. The lowest BCUT2D eigenvalue weighted by molar-refractivity contribution is 0.291. The maximum atomic E-state index is 5.91. The summed E-state index contributed by atoms with van der Waals surface area (Å²) in [6.45, 7) is 4.82. The molecule has 1 aromatic rings. The Hall–Kier alpha value is -1.14. The lowest BCUT2D eigenvalue weighted by Gasteiger charge is -2.15. The Morgan fingerprint density at radius 3 is 2.90 bits per heavy atom. The van der Waals surface area contributed by atoms with Crippen LogP contribution < -0.4 is 10.1 Å². The largest absolute Gasteiger partial charge is 0.463 e. The molecule has 2 fully saturated rings. The maximum Gasteiger partial charge on any atom is 0.322 e. The molecule has 0 amide bonds. The van der Waals surface area contributed by atoms with Crippen LogP contribution in [0.5, 0.6) is 6.01 Å². The number of hydrogen-bond donors (Lipinski definition) is 1. The van der Waals surface area contributed by atoms with Crippen LogP contribution in [0, 0.1) is 0 Å². The van der Waals surface area contributed by atoms with Gasteiger partial charge in [-0.2, -0.15) is 15.0 Å². The third kappa shape index (κ3) is 3.49. The van der Waals surface area contributed by atoms with Gasteiger partial charge in [-0.15, -0.1) is 0 Å². The van der Waals surface area contributed by atoms with E-state index in [1.807, 2.05) is 6.92 Å². The molecule has 1 aliphatic heterocycles. The topological polar surface area (TPSA) is 63.2 Å². The van der Waals surface area contributed by atoms with Crippen LogP contribution in [0.2, 0.25) is 5.28 Å². The summed E-state index contributed by atoms with van der Waals surface area (Å²) < 4.78 is 5.41. The van der Waals surface area contributed by atoms with E-state index in [4.69, 9.17) is 16.3 Å². The summed E-state index contributed by atoms with van der Waals surface area (Å²) in [6.07, 6.45) is 4.72. The highest BCUT2D eigenvalue weighted by Crippen LogP contribution is 2.30. The third-order valence-electron chi connectivity index (χ3n) is 3.64. The first-order valence-electron chi connectivity index (χ1n) is 7.29. The molecule has 1 aromatic heterocycles. The van der Waals surface area contributed by atoms with Crippen molar-refractivity contribution in [3.8, 4) is 6.01 Å². The fourth-order valence-corrected chi connectivity index (χ4v) is 2.67. The molecule has 2 aliphatic rings. The fraction of sp³-hybridized carbons (Fsp3) is 0.769. The Kier molecular flexibility index (Phi) is 4.21. The average molecular weight is 298 g/mol. The molecule has 0 bridgehead atoms. The number of anilines is 1. The van der Waals surface area contributed by atoms with Gasteiger partial charge in [0, 0.05) is 25.2 Å². The number of nitrogens with zero attached hydrogens (tertiary/aromatic N) is 4. The fourth-order valence-electron chi connectivity index (χ4n) is 2.51. The SMILES string of the molecule is CCCOc1nc(Cl)nc(NC2CCN(C3CC3)C2)n1. The van der Waals surface area contributed by atoms with Gasteiger partial charge >= 0.3 is 6.01 Å². The number of hydrogen-bond acceptors (Lipinski definition) is 6. The standard InChI is InChI=1S/C13H20ClN5O/c1-2-7-20-13-17-11(14)16-12(18-13)15-9-5-6-19(8-9)10-3-4-10/h9-10H,2-8H2,1H3,(H,15,16,17,18). The molecule has 7 heteroatoms. The molecular weight excluding hydrogens is 278 g/mol. The third-order valence-corrected chi connectivity index (χ3v) is 3.81. The summed E-state index contributed by atoms with van der Waals surface area (Å²) >= 11 is 5.91. The minimum Gasteiger partial charge on any atom is -0.463 e. The Bertz CT molecular complexity index is 468. The monoisotopic (exact) mass is 297 g/mol. The molecule has 1 aliphatic carbocycles. The van der Waals surface area contributed by atoms with Crippen LogP contribution in [0.3, 0.4) is 0 Å². The second-order valence-electron chi connectivity index (χ2n) is 5.42. The van der Waals surface area contributed by atoms with Crippen molar-refractivity contribution in [2.45, 2.75) is 44.7 Å². The summed E-state index contributed by atoms with van der Waals surface area (Å²) in [5.41, 5.74) is 0. The molecule has 110 valence electrons. The normalized spacial score (nSPS) is 23.0. The van der Waals surface area contributed by atoms with Gasteiger partial charge < -0.3 is 10.1 Å². The van der Waals surface area contributed by atoms with Gasteiger partial charge in [-0.05, 0) is 37.3 Å². The lowest BCUT2D eigenvalue weighted by atomic mass is 10.3. The van der Waals surface area contributed by atoms with Crippen molar-refractivity contribution in [1.29, 1.82) is 0 Å². The van der Waals surface area contributed by atoms with Crippen molar-refractivity contribution < 1.29 is 4.74 Å². The Labute approximate surface area is 123 Å². The minimum atomic E-state index is 0.172. The van der Waals surface area contributed by atoms with Crippen LogP contribution in [0.25, 0.3) is 0 Å². The first-order valence-corrected chi connectivity index (χ1v) is 7.67. The zero-order valence-corrected chi connectivity index (χ0v) is 12.4. The molecule has 0 spiro atoms. The van der Waals surface area contributed by atoms with Crippen LogP contribution >= 0.6 is 11.6 Å². The predicted octanol–water partition coefficient (Wildman–Crippen LogP) is 1.96. The molecule has 6 nitrogen and oxygen atoms in total. The Morgan fingerprint density at radius 1 is 1.30 bits per heavy atom. The molecule has 0 radical (unpaired) electrons. The van der Waals surface area contributed by atoms with E-state index in [0.29, 0.717) is 24.6 Å². The van der Waals surface area contributed by atoms with Crippen molar-refractivity contribution in [2.75, 3.05) is 25.0 Å². The molecule has 3 rings (SSSR count). The van der Waals surface area contributed by atoms with E-state index < -0.39 is 0 Å². The molecule has 1 saturated heterocycles. The highest BCUT2D eigenvalue weighted by atomic mass is 35.5. The van der Waals surface area contributed by atoms with E-state index in [-0.39, 0.29) is 5.28 Å².